The van der Waals surface area contributed by atoms with Gasteiger partial charge in [0.15, 0.2) is 0 Å². The van der Waals surface area contributed by atoms with Gasteiger partial charge in [0.25, 0.3) is 5.91 Å². The fourth-order valence-electron chi connectivity index (χ4n) is 2.50. The first-order chi connectivity index (χ1) is 15.1. The Morgan fingerprint density at radius 2 is 1.65 bits per heavy atom. The van der Waals surface area contributed by atoms with Gasteiger partial charge >= 0.3 is 5.97 Å². The second-order valence-corrected chi connectivity index (χ2v) is 7.12. The minimum atomic E-state index is -0.456. The Morgan fingerprint density at radius 1 is 0.968 bits per heavy atom. The lowest BCUT2D eigenvalue weighted by Crippen LogP contribution is -2.17. The number of hydrogen-bond donors (Lipinski definition) is 1. The number of hydrogen-bond acceptors (Lipinski definition) is 5. The summed E-state index contributed by atoms with van der Waals surface area (Å²) in [6.45, 7) is 3.98. The second kappa shape index (κ2) is 10.9. The molecule has 1 N–H and O–H groups in total. The first-order valence-corrected chi connectivity index (χ1v) is 10.1. The van der Waals surface area contributed by atoms with E-state index in [2.05, 4.69) is 33.0 Å². The lowest BCUT2D eigenvalue weighted by Gasteiger charge is -2.06. The number of nitrogens with one attached hydrogen (secondary N) is 1. The third-order valence-corrected chi connectivity index (χ3v) is 4.74. The Morgan fingerprint density at radius 3 is 2.32 bits per heavy atom. The molecule has 3 aromatic carbocycles. The van der Waals surface area contributed by atoms with E-state index in [1.54, 1.807) is 72.8 Å². The number of rotatable bonds is 8. The van der Waals surface area contributed by atoms with Crippen molar-refractivity contribution in [3.63, 3.8) is 0 Å². The lowest BCUT2D eigenvalue weighted by molar-refractivity contribution is 0.0733. The van der Waals surface area contributed by atoms with Crippen LogP contribution in [0.1, 0.15) is 26.3 Å². The van der Waals surface area contributed by atoms with Gasteiger partial charge in [0, 0.05) is 10.0 Å². The number of hydrazone groups is 1. The molecule has 0 bridgehead atoms. The molecule has 0 unspecified atom stereocenters. The highest BCUT2D eigenvalue weighted by Gasteiger charge is 2.11. The molecular formula is C24H19BrN2O4. The molecule has 3 rings (SSSR count). The van der Waals surface area contributed by atoms with Gasteiger partial charge in [-0.05, 0) is 82.2 Å². The maximum Gasteiger partial charge on any atom is 0.344 e. The zero-order valence-corrected chi connectivity index (χ0v) is 18.0. The molecule has 7 heteroatoms. The van der Waals surface area contributed by atoms with Crippen LogP contribution in [0.3, 0.4) is 0 Å². The van der Waals surface area contributed by atoms with E-state index in [1.165, 1.54) is 6.21 Å². The summed E-state index contributed by atoms with van der Waals surface area (Å²) < 4.78 is 11.4. The number of carbonyl (C=O) groups is 2. The quantitative estimate of drug-likeness (QED) is 0.162. The molecule has 0 saturated heterocycles. The van der Waals surface area contributed by atoms with E-state index in [0.717, 1.165) is 5.56 Å². The summed E-state index contributed by atoms with van der Waals surface area (Å²) in [5.74, 6) is 0.258. The number of ether oxygens (including phenoxy) is 2. The minimum absolute atomic E-state index is 0.342. The van der Waals surface area contributed by atoms with Crippen molar-refractivity contribution in [1.82, 2.24) is 5.43 Å². The van der Waals surface area contributed by atoms with Crippen molar-refractivity contribution < 1.29 is 19.1 Å². The van der Waals surface area contributed by atoms with Gasteiger partial charge in [-0.25, -0.2) is 10.2 Å². The first kappa shape index (κ1) is 22.0. The lowest BCUT2D eigenvalue weighted by atomic mass is 10.2. The summed E-state index contributed by atoms with van der Waals surface area (Å²) in [5, 5.41) is 3.96. The molecule has 0 aliphatic heterocycles. The van der Waals surface area contributed by atoms with Gasteiger partial charge in [-0.1, -0.05) is 24.8 Å². The molecule has 0 radical (unpaired) electrons. The molecule has 6 nitrogen and oxygen atoms in total. The van der Waals surface area contributed by atoms with Crippen LogP contribution < -0.4 is 14.9 Å². The van der Waals surface area contributed by atoms with Crippen molar-refractivity contribution in [2.24, 2.45) is 5.10 Å². The number of nitrogens with zero attached hydrogens (tertiary/aromatic N) is 1. The molecule has 0 aromatic heterocycles. The van der Waals surface area contributed by atoms with Gasteiger partial charge in [-0.2, -0.15) is 5.10 Å². The van der Waals surface area contributed by atoms with Crippen LogP contribution >= 0.6 is 15.9 Å². The predicted molar refractivity (Wildman–Crippen MR) is 123 cm³/mol. The van der Waals surface area contributed by atoms with Crippen LogP contribution in [0.2, 0.25) is 0 Å². The fourth-order valence-corrected chi connectivity index (χ4v) is 2.95. The van der Waals surface area contributed by atoms with Crippen molar-refractivity contribution in [2.75, 3.05) is 6.61 Å². The van der Waals surface area contributed by atoms with Gasteiger partial charge in [-0.3, -0.25) is 4.79 Å². The zero-order chi connectivity index (χ0) is 22.1. The molecule has 1 amide bonds. The van der Waals surface area contributed by atoms with Crippen LogP contribution in [0, 0.1) is 0 Å². The first-order valence-electron chi connectivity index (χ1n) is 9.31. The molecule has 0 heterocycles. The molecule has 31 heavy (non-hydrogen) atoms. The molecule has 3 aromatic rings. The highest BCUT2D eigenvalue weighted by atomic mass is 79.9. The minimum Gasteiger partial charge on any atom is -0.490 e. The molecule has 0 aliphatic rings. The summed E-state index contributed by atoms with van der Waals surface area (Å²) in [6.07, 6.45) is 3.15. The highest BCUT2D eigenvalue weighted by molar-refractivity contribution is 9.10. The van der Waals surface area contributed by atoms with E-state index in [0.29, 0.717) is 33.7 Å². The van der Waals surface area contributed by atoms with Crippen LogP contribution in [0.4, 0.5) is 0 Å². The third kappa shape index (κ3) is 6.38. The van der Waals surface area contributed by atoms with Crippen LogP contribution in [0.25, 0.3) is 0 Å². The molecule has 0 aliphatic carbocycles. The smallest absolute Gasteiger partial charge is 0.344 e. The largest absolute Gasteiger partial charge is 0.490 e. The number of benzene rings is 3. The second-order valence-electron chi connectivity index (χ2n) is 6.26. The van der Waals surface area contributed by atoms with Crippen LogP contribution in [-0.2, 0) is 0 Å². The summed E-state index contributed by atoms with van der Waals surface area (Å²) >= 11 is 3.33. The zero-order valence-electron chi connectivity index (χ0n) is 16.5. The maximum atomic E-state index is 12.2. The van der Waals surface area contributed by atoms with Crippen molar-refractivity contribution in [1.29, 1.82) is 0 Å². The van der Waals surface area contributed by atoms with E-state index >= 15 is 0 Å². The van der Waals surface area contributed by atoms with Gasteiger partial charge in [-0.15, -0.1) is 0 Å². The molecule has 0 atom stereocenters. The normalized spacial score (nSPS) is 10.5. The molecule has 156 valence electrons. The fraction of sp³-hybridized carbons (Fsp3) is 0.0417. The Hall–Kier alpha value is -3.71. The SMILES string of the molecule is C=CCOc1ccc(C(=O)NN=Cc2ccc(OC(=O)c3ccccc3Br)cc2)cc1. The van der Waals surface area contributed by atoms with E-state index in [4.69, 9.17) is 9.47 Å². The van der Waals surface area contributed by atoms with Crippen LogP contribution in [-0.4, -0.2) is 24.7 Å². The third-order valence-electron chi connectivity index (χ3n) is 4.05. The Bertz CT molecular complexity index is 1090. The standard InChI is InChI=1S/C24H19BrN2O4/c1-2-15-30-19-13-9-18(10-14-19)23(28)27-26-16-17-7-11-20(12-8-17)31-24(29)21-5-3-4-6-22(21)25/h2-14,16H,1,15H2,(H,27,28). The number of halogens is 1. The van der Waals surface area contributed by atoms with Crippen molar-refractivity contribution in [3.8, 4) is 11.5 Å². The molecule has 0 fully saturated rings. The van der Waals surface area contributed by atoms with Crippen molar-refractivity contribution >= 4 is 34.0 Å². The topological polar surface area (TPSA) is 77.0 Å². The average Bonchev–Trinajstić information content (AvgIpc) is 2.79. The van der Waals surface area contributed by atoms with Gasteiger partial charge < -0.3 is 9.47 Å². The Kier molecular flexibility index (Phi) is 7.73. The van der Waals surface area contributed by atoms with Gasteiger partial charge in [0.1, 0.15) is 18.1 Å². The Balaban J connectivity index is 1.53. The van der Waals surface area contributed by atoms with E-state index in [-0.39, 0.29) is 5.91 Å². The van der Waals surface area contributed by atoms with Gasteiger partial charge in [0.05, 0.1) is 11.8 Å². The summed E-state index contributed by atoms with van der Waals surface area (Å²) in [5.41, 5.74) is 4.10. The van der Waals surface area contributed by atoms with E-state index in [9.17, 15) is 9.59 Å². The number of carbonyl (C=O) groups excluding carboxylic acids is 2. The average molecular weight is 479 g/mol. The van der Waals surface area contributed by atoms with Crippen LogP contribution in [0.15, 0.2) is 95.0 Å². The monoisotopic (exact) mass is 478 g/mol. The van der Waals surface area contributed by atoms with E-state index in [1.807, 2.05) is 6.07 Å². The highest BCUT2D eigenvalue weighted by Crippen LogP contribution is 2.19. The summed E-state index contributed by atoms with van der Waals surface area (Å²) in [7, 11) is 0. The Labute approximate surface area is 188 Å². The van der Waals surface area contributed by atoms with Crippen molar-refractivity contribution in [2.45, 2.75) is 0 Å². The van der Waals surface area contributed by atoms with Crippen LogP contribution in [0.5, 0.6) is 11.5 Å². The molecule has 0 saturated carbocycles. The van der Waals surface area contributed by atoms with Gasteiger partial charge in [0.2, 0.25) is 0 Å². The number of esters is 1. The molecule has 0 spiro atoms. The molecular weight excluding hydrogens is 460 g/mol. The number of amides is 1. The predicted octanol–water partition coefficient (Wildman–Crippen LogP) is 5.00. The maximum absolute atomic E-state index is 12.2. The summed E-state index contributed by atoms with van der Waals surface area (Å²) in [4.78, 5) is 24.4. The van der Waals surface area contributed by atoms with E-state index < -0.39 is 5.97 Å². The summed E-state index contributed by atoms with van der Waals surface area (Å²) in [6, 6.07) is 20.5. The van der Waals surface area contributed by atoms with Crippen molar-refractivity contribution in [3.05, 3.63) is 107 Å².